The van der Waals surface area contributed by atoms with Crippen LogP contribution in [0.25, 0.3) is 11.2 Å². The highest BCUT2D eigenvalue weighted by Crippen LogP contribution is 2.11. The second-order valence-electron chi connectivity index (χ2n) is 5.90. The van der Waals surface area contributed by atoms with Gasteiger partial charge in [-0.1, -0.05) is 74.5 Å². The van der Waals surface area contributed by atoms with Crippen molar-refractivity contribution in [3.8, 4) is 0 Å². The van der Waals surface area contributed by atoms with E-state index in [1.54, 1.807) is 4.57 Å². The predicted molar refractivity (Wildman–Crippen MR) is 101 cm³/mol. The van der Waals surface area contributed by atoms with Crippen LogP contribution in [0.2, 0.25) is 0 Å². The van der Waals surface area contributed by atoms with Crippen molar-refractivity contribution in [2.45, 2.75) is 69.3 Å². The van der Waals surface area contributed by atoms with Crippen LogP contribution in [0, 0.1) is 0 Å². The fraction of sp³-hybridized carbons (Fsp3) is 0.688. The molecule has 7 heteroatoms. The molecule has 0 aliphatic rings. The highest BCUT2D eigenvalue weighted by molar-refractivity contribution is 14.1. The minimum atomic E-state index is -0.388. The Morgan fingerprint density at radius 1 is 1.00 bits per heavy atom. The first-order valence-electron chi connectivity index (χ1n) is 8.45. The van der Waals surface area contributed by atoms with E-state index < -0.39 is 0 Å². The third-order valence-corrected chi connectivity index (χ3v) is 4.77. The Hall–Kier alpha value is -1.12. The summed E-state index contributed by atoms with van der Waals surface area (Å²) in [5.74, 6) is 0.723. The second-order valence-corrected chi connectivity index (χ2v) is 6.66. The number of fused-ring (bicyclic) bond motifs is 1. The normalized spacial score (nSPS) is 11.4. The molecular weight excluding hydrogens is 407 g/mol. The molecule has 2 aromatic heterocycles. The van der Waals surface area contributed by atoms with Gasteiger partial charge in [-0.15, -0.1) is 0 Å². The Morgan fingerprint density at radius 2 is 1.65 bits per heavy atom. The van der Waals surface area contributed by atoms with Crippen molar-refractivity contribution < 1.29 is 0 Å². The minimum Gasteiger partial charge on any atom is -0.335 e. The topological polar surface area (TPSA) is 83.5 Å². The highest BCUT2D eigenvalue weighted by atomic mass is 127. The number of nitrogens with one attached hydrogen (secondary N) is 2. The van der Waals surface area contributed by atoms with Crippen LogP contribution in [-0.2, 0) is 11.0 Å². The van der Waals surface area contributed by atoms with Gasteiger partial charge in [-0.25, -0.2) is 9.78 Å². The second kappa shape index (κ2) is 9.24. The predicted octanol–water partition coefficient (Wildman–Crippen LogP) is 3.49. The summed E-state index contributed by atoms with van der Waals surface area (Å²) in [5.41, 5.74) is 0.127. The van der Waals surface area contributed by atoms with E-state index in [9.17, 15) is 9.59 Å². The van der Waals surface area contributed by atoms with Crippen LogP contribution >= 0.6 is 22.6 Å². The van der Waals surface area contributed by atoms with E-state index in [0.29, 0.717) is 22.1 Å². The van der Waals surface area contributed by atoms with Gasteiger partial charge in [0.25, 0.3) is 5.56 Å². The van der Waals surface area contributed by atoms with Crippen molar-refractivity contribution in [2.75, 3.05) is 0 Å². The molecule has 0 atom stereocenters. The smallest absolute Gasteiger partial charge is 0.330 e. The lowest BCUT2D eigenvalue weighted by Crippen LogP contribution is -2.30. The van der Waals surface area contributed by atoms with Crippen molar-refractivity contribution in [1.82, 2.24) is 19.5 Å². The molecule has 0 spiro atoms. The SMILES string of the molecule is CCCCCCCCCCn1c(=O)[nH]c(=O)c2[nH]c(CI)nc21. The number of H-pyrrole nitrogens is 2. The highest BCUT2D eigenvalue weighted by Gasteiger charge is 2.12. The zero-order valence-corrected chi connectivity index (χ0v) is 15.8. The Labute approximate surface area is 149 Å². The molecule has 6 nitrogen and oxygen atoms in total. The molecule has 0 aromatic carbocycles. The number of halogens is 1. The minimum absolute atomic E-state index is 0.364. The zero-order chi connectivity index (χ0) is 16.7. The van der Waals surface area contributed by atoms with Crippen molar-refractivity contribution in [2.24, 2.45) is 0 Å². The number of imidazole rings is 1. The van der Waals surface area contributed by atoms with Gasteiger partial charge in [0.05, 0.1) is 4.43 Å². The van der Waals surface area contributed by atoms with Gasteiger partial charge in [-0.05, 0) is 6.42 Å². The fourth-order valence-corrected chi connectivity index (χ4v) is 3.12. The van der Waals surface area contributed by atoms with E-state index in [2.05, 4.69) is 44.5 Å². The molecule has 2 N–H and O–H groups in total. The molecule has 0 saturated heterocycles. The molecular formula is C16H25IN4O2. The average molecular weight is 432 g/mol. The number of aromatic amines is 2. The molecule has 2 rings (SSSR count). The van der Waals surface area contributed by atoms with Crippen LogP contribution in [0.1, 0.15) is 64.1 Å². The summed E-state index contributed by atoms with van der Waals surface area (Å²) in [4.78, 5) is 33.6. The molecule has 0 aliphatic heterocycles. The number of rotatable bonds is 10. The maximum Gasteiger partial charge on any atom is 0.330 e. The summed E-state index contributed by atoms with van der Waals surface area (Å²) in [6.45, 7) is 2.83. The molecule has 2 aromatic rings. The summed E-state index contributed by atoms with van der Waals surface area (Å²) >= 11 is 2.18. The molecule has 0 saturated carbocycles. The van der Waals surface area contributed by atoms with Gasteiger partial charge in [0.1, 0.15) is 11.3 Å². The first kappa shape index (κ1) is 18.2. The van der Waals surface area contributed by atoms with Crippen LogP contribution in [0.4, 0.5) is 0 Å². The van der Waals surface area contributed by atoms with Crippen molar-refractivity contribution in [3.05, 3.63) is 26.7 Å². The van der Waals surface area contributed by atoms with Gasteiger partial charge in [-0.3, -0.25) is 14.3 Å². The standard InChI is InChI=1S/C16H25IN4O2/c1-2-3-4-5-6-7-8-9-10-21-14-13(15(22)20-16(21)23)18-12(11-17)19-14/h2-11H2,1H3,(H,18,19)(H,20,22,23). The summed E-state index contributed by atoms with van der Waals surface area (Å²) in [6, 6.07) is 0. The first-order valence-corrected chi connectivity index (χ1v) is 9.97. The molecule has 0 aliphatic carbocycles. The summed E-state index contributed by atoms with van der Waals surface area (Å²) < 4.78 is 2.26. The Morgan fingerprint density at radius 3 is 2.30 bits per heavy atom. The van der Waals surface area contributed by atoms with Crippen LogP contribution in [0.3, 0.4) is 0 Å². The molecule has 0 fully saturated rings. The van der Waals surface area contributed by atoms with E-state index in [1.807, 2.05) is 0 Å². The Bertz CT molecular complexity index is 732. The fourth-order valence-electron chi connectivity index (χ4n) is 2.76. The number of aromatic nitrogens is 4. The third-order valence-electron chi connectivity index (χ3n) is 4.04. The maximum atomic E-state index is 12.0. The van der Waals surface area contributed by atoms with E-state index in [-0.39, 0.29) is 11.2 Å². The number of nitrogens with zero attached hydrogens (tertiary/aromatic N) is 2. The number of hydrogen-bond acceptors (Lipinski definition) is 3. The summed E-state index contributed by atoms with van der Waals surface area (Å²) in [7, 11) is 0. The van der Waals surface area contributed by atoms with Crippen LogP contribution in [-0.4, -0.2) is 19.5 Å². The maximum absolute atomic E-state index is 12.0. The molecule has 0 radical (unpaired) electrons. The molecule has 0 unspecified atom stereocenters. The number of hydrogen-bond donors (Lipinski definition) is 2. The zero-order valence-electron chi connectivity index (χ0n) is 13.7. The quantitative estimate of drug-likeness (QED) is 0.343. The van der Waals surface area contributed by atoms with Crippen molar-refractivity contribution >= 4 is 33.8 Å². The van der Waals surface area contributed by atoms with Crippen LogP contribution < -0.4 is 11.2 Å². The average Bonchev–Trinajstić information content (AvgIpc) is 2.97. The van der Waals surface area contributed by atoms with Gasteiger partial charge in [0, 0.05) is 6.54 Å². The van der Waals surface area contributed by atoms with Gasteiger partial charge in [0.2, 0.25) is 0 Å². The Balaban J connectivity index is 1.94. The monoisotopic (exact) mass is 432 g/mol. The van der Waals surface area contributed by atoms with E-state index in [0.717, 1.165) is 18.7 Å². The van der Waals surface area contributed by atoms with Crippen molar-refractivity contribution in [1.29, 1.82) is 0 Å². The molecule has 0 amide bonds. The number of aryl methyl sites for hydroxylation is 1. The molecule has 128 valence electrons. The lowest BCUT2D eigenvalue weighted by molar-refractivity contribution is 0.538. The van der Waals surface area contributed by atoms with Crippen LogP contribution in [0.5, 0.6) is 0 Å². The third kappa shape index (κ3) is 4.92. The van der Waals surface area contributed by atoms with Gasteiger partial charge in [0.15, 0.2) is 5.65 Å². The molecule has 2 heterocycles. The van der Waals surface area contributed by atoms with Gasteiger partial charge < -0.3 is 4.98 Å². The first-order chi connectivity index (χ1) is 11.2. The number of alkyl halides is 1. The van der Waals surface area contributed by atoms with Crippen molar-refractivity contribution in [3.63, 3.8) is 0 Å². The summed E-state index contributed by atoms with van der Waals surface area (Å²) in [6.07, 6.45) is 9.71. The number of unbranched alkanes of at least 4 members (excludes halogenated alkanes) is 7. The largest absolute Gasteiger partial charge is 0.335 e. The van der Waals surface area contributed by atoms with E-state index in [1.165, 1.54) is 38.5 Å². The van der Waals surface area contributed by atoms with Gasteiger partial charge in [-0.2, -0.15) is 0 Å². The lowest BCUT2D eigenvalue weighted by Gasteiger charge is -2.06. The molecule has 0 bridgehead atoms. The van der Waals surface area contributed by atoms with Crippen LogP contribution in [0.15, 0.2) is 9.59 Å². The van der Waals surface area contributed by atoms with E-state index in [4.69, 9.17) is 0 Å². The van der Waals surface area contributed by atoms with E-state index >= 15 is 0 Å². The Kier molecular flexibility index (Phi) is 7.32. The molecule has 23 heavy (non-hydrogen) atoms. The van der Waals surface area contributed by atoms with Gasteiger partial charge >= 0.3 is 5.69 Å². The lowest BCUT2D eigenvalue weighted by atomic mass is 10.1. The summed E-state index contributed by atoms with van der Waals surface area (Å²) in [5, 5.41) is 0.